The van der Waals surface area contributed by atoms with E-state index in [1.165, 1.54) is 6.20 Å². The number of aromatic nitrogens is 1. The van der Waals surface area contributed by atoms with E-state index < -0.39 is 6.10 Å². The molecule has 0 radical (unpaired) electrons. The van der Waals surface area contributed by atoms with Gasteiger partial charge in [0.2, 0.25) is 0 Å². The molecule has 1 aromatic carbocycles. The van der Waals surface area contributed by atoms with Gasteiger partial charge in [-0.25, -0.2) is 0 Å². The number of pyridine rings is 1. The molecule has 0 amide bonds. The molecule has 3 nitrogen and oxygen atoms in total. The molecule has 100 valence electrons. The first-order valence-electron chi connectivity index (χ1n) is 6.12. The van der Waals surface area contributed by atoms with Crippen LogP contribution in [-0.2, 0) is 0 Å². The first-order valence-corrected chi connectivity index (χ1v) is 6.50. The second-order valence-corrected chi connectivity index (χ2v) is 4.98. The highest BCUT2D eigenvalue weighted by molar-refractivity contribution is 6.30. The van der Waals surface area contributed by atoms with Gasteiger partial charge in [0.1, 0.15) is 11.9 Å². The number of benzene rings is 1. The van der Waals surface area contributed by atoms with E-state index in [1.54, 1.807) is 12.1 Å². The molecule has 1 unspecified atom stereocenters. The van der Waals surface area contributed by atoms with E-state index in [0.717, 1.165) is 11.3 Å². The molecule has 1 heterocycles. The summed E-state index contributed by atoms with van der Waals surface area (Å²) < 4.78 is 5.61. The molecular weight excluding hydrogens is 262 g/mol. The molecular formula is C15H16ClNO2. The van der Waals surface area contributed by atoms with Crippen molar-refractivity contribution in [3.8, 4) is 5.75 Å². The Hall–Kier alpha value is -1.58. The third-order valence-corrected chi connectivity index (χ3v) is 2.80. The molecule has 1 N–H and O–H groups in total. The van der Waals surface area contributed by atoms with Crippen LogP contribution in [0.15, 0.2) is 42.6 Å². The van der Waals surface area contributed by atoms with Crippen LogP contribution in [0.3, 0.4) is 0 Å². The van der Waals surface area contributed by atoms with Crippen LogP contribution in [0.25, 0.3) is 0 Å². The fourth-order valence-electron chi connectivity index (χ4n) is 1.75. The first-order chi connectivity index (χ1) is 9.06. The number of hydrogen-bond donors (Lipinski definition) is 1. The Morgan fingerprint density at radius 3 is 2.63 bits per heavy atom. The van der Waals surface area contributed by atoms with Gasteiger partial charge in [0, 0.05) is 6.20 Å². The van der Waals surface area contributed by atoms with Crippen molar-refractivity contribution < 1.29 is 9.84 Å². The number of halogens is 1. The minimum Gasteiger partial charge on any atom is -0.491 e. The third-order valence-electron chi connectivity index (χ3n) is 2.58. The second-order valence-electron chi connectivity index (χ2n) is 4.54. The Balaban J connectivity index is 2.23. The summed E-state index contributed by atoms with van der Waals surface area (Å²) in [5, 5.41) is 10.8. The monoisotopic (exact) mass is 277 g/mol. The lowest BCUT2D eigenvalue weighted by atomic mass is 10.1. The summed E-state index contributed by atoms with van der Waals surface area (Å²) in [6.45, 7) is 3.92. The maximum Gasteiger partial charge on any atom is 0.121 e. The van der Waals surface area contributed by atoms with Crippen LogP contribution in [0.1, 0.15) is 31.2 Å². The molecule has 0 spiro atoms. The van der Waals surface area contributed by atoms with E-state index in [-0.39, 0.29) is 6.10 Å². The topological polar surface area (TPSA) is 42.4 Å². The minimum absolute atomic E-state index is 0.0982. The van der Waals surface area contributed by atoms with Gasteiger partial charge in [-0.15, -0.1) is 0 Å². The molecule has 0 aliphatic carbocycles. The SMILES string of the molecule is CC(C)Oc1cccc(C(O)c2ccc(Cl)cn2)c1. The van der Waals surface area contributed by atoms with Gasteiger partial charge < -0.3 is 9.84 Å². The Labute approximate surface area is 117 Å². The zero-order valence-electron chi connectivity index (χ0n) is 10.9. The molecule has 1 atom stereocenters. The Bertz CT molecular complexity index is 540. The van der Waals surface area contributed by atoms with Crippen LogP contribution in [0.4, 0.5) is 0 Å². The maximum absolute atomic E-state index is 10.3. The van der Waals surface area contributed by atoms with E-state index in [1.807, 2.05) is 38.1 Å². The molecule has 1 aromatic heterocycles. The van der Waals surface area contributed by atoms with Crippen molar-refractivity contribution in [2.45, 2.75) is 26.1 Å². The Kier molecular flexibility index (Phi) is 4.40. The largest absolute Gasteiger partial charge is 0.491 e. The second kappa shape index (κ2) is 6.04. The van der Waals surface area contributed by atoms with Crippen LogP contribution in [0.5, 0.6) is 5.75 Å². The van der Waals surface area contributed by atoms with Crippen LogP contribution in [0.2, 0.25) is 5.02 Å². The van der Waals surface area contributed by atoms with Gasteiger partial charge in [-0.05, 0) is 43.7 Å². The zero-order chi connectivity index (χ0) is 13.8. The standard InChI is InChI=1S/C15H16ClNO2/c1-10(2)19-13-5-3-4-11(8-13)15(18)14-7-6-12(16)9-17-14/h3-10,15,18H,1-2H3. The van der Waals surface area contributed by atoms with Crippen molar-refractivity contribution in [1.82, 2.24) is 4.98 Å². The van der Waals surface area contributed by atoms with Crippen LogP contribution in [-0.4, -0.2) is 16.2 Å². The highest BCUT2D eigenvalue weighted by Gasteiger charge is 2.12. The lowest BCUT2D eigenvalue weighted by molar-refractivity contribution is 0.212. The van der Waals surface area contributed by atoms with E-state index >= 15 is 0 Å². The van der Waals surface area contributed by atoms with Gasteiger partial charge in [0.05, 0.1) is 16.8 Å². The van der Waals surface area contributed by atoms with Crippen molar-refractivity contribution in [2.24, 2.45) is 0 Å². The number of ether oxygens (including phenoxy) is 1. The Morgan fingerprint density at radius 2 is 2.00 bits per heavy atom. The summed E-state index contributed by atoms with van der Waals surface area (Å²) in [6.07, 6.45) is 0.836. The maximum atomic E-state index is 10.3. The van der Waals surface area contributed by atoms with Crippen LogP contribution >= 0.6 is 11.6 Å². The predicted molar refractivity (Wildman–Crippen MR) is 75.5 cm³/mol. The summed E-state index contributed by atoms with van der Waals surface area (Å²) >= 11 is 5.78. The number of aliphatic hydroxyl groups excluding tert-OH is 1. The number of rotatable bonds is 4. The highest BCUT2D eigenvalue weighted by Crippen LogP contribution is 2.25. The lowest BCUT2D eigenvalue weighted by Gasteiger charge is -2.14. The van der Waals surface area contributed by atoms with E-state index in [0.29, 0.717) is 10.7 Å². The van der Waals surface area contributed by atoms with Crippen LogP contribution < -0.4 is 4.74 Å². The molecule has 0 saturated carbocycles. The molecule has 0 aliphatic heterocycles. The molecule has 0 saturated heterocycles. The lowest BCUT2D eigenvalue weighted by Crippen LogP contribution is -2.07. The van der Waals surface area contributed by atoms with Gasteiger partial charge in [0.25, 0.3) is 0 Å². The molecule has 0 aliphatic rings. The number of nitrogens with zero attached hydrogens (tertiary/aromatic N) is 1. The van der Waals surface area contributed by atoms with Gasteiger partial charge >= 0.3 is 0 Å². The fourth-order valence-corrected chi connectivity index (χ4v) is 1.86. The average molecular weight is 278 g/mol. The fraction of sp³-hybridized carbons (Fsp3) is 0.267. The van der Waals surface area contributed by atoms with E-state index in [9.17, 15) is 5.11 Å². The zero-order valence-corrected chi connectivity index (χ0v) is 11.6. The van der Waals surface area contributed by atoms with E-state index in [2.05, 4.69) is 4.98 Å². The number of aliphatic hydroxyl groups is 1. The van der Waals surface area contributed by atoms with Crippen molar-refractivity contribution in [3.63, 3.8) is 0 Å². The summed E-state index contributed by atoms with van der Waals surface area (Å²) in [5.41, 5.74) is 1.30. The van der Waals surface area contributed by atoms with Gasteiger partial charge in [0.15, 0.2) is 0 Å². The highest BCUT2D eigenvalue weighted by atomic mass is 35.5. The molecule has 2 rings (SSSR count). The first kappa shape index (κ1) is 13.8. The summed E-state index contributed by atoms with van der Waals surface area (Å²) in [6, 6.07) is 10.8. The number of hydrogen-bond acceptors (Lipinski definition) is 3. The average Bonchev–Trinajstić information content (AvgIpc) is 2.38. The van der Waals surface area contributed by atoms with Crippen molar-refractivity contribution >= 4 is 11.6 Å². The van der Waals surface area contributed by atoms with Crippen molar-refractivity contribution in [2.75, 3.05) is 0 Å². The summed E-state index contributed by atoms with van der Waals surface area (Å²) in [4.78, 5) is 4.12. The molecule has 4 heteroatoms. The van der Waals surface area contributed by atoms with E-state index in [4.69, 9.17) is 16.3 Å². The summed E-state index contributed by atoms with van der Waals surface area (Å²) in [7, 11) is 0. The van der Waals surface area contributed by atoms with Crippen molar-refractivity contribution in [1.29, 1.82) is 0 Å². The molecule has 0 bridgehead atoms. The third kappa shape index (κ3) is 3.69. The summed E-state index contributed by atoms with van der Waals surface area (Å²) in [5.74, 6) is 0.737. The van der Waals surface area contributed by atoms with Gasteiger partial charge in [-0.3, -0.25) is 4.98 Å². The predicted octanol–water partition coefficient (Wildman–Crippen LogP) is 3.60. The molecule has 2 aromatic rings. The van der Waals surface area contributed by atoms with Gasteiger partial charge in [-0.1, -0.05) is 23.7 Å². The van der Waals surface area contributed by atoms with Gasteiger partial charge in [-0.2, -0.15) is 0 Å². The smallest absolute Gasteiger partial charge is 0.121 e. The van der Waals surface area contributed by atoms with Crippen molar-refractivity contribution in [3.05, 3.63) is 58.9 Å². The molecule has 19 heavy (non-hydrogen) atoms. The molecule has 0 fully saturated rings. The quantitative estimate of drug-likeness (QED) is 0.928. The normalized spacial score (nSPS) is 12.5. The minimum atomic E-state index is -0.784. The Morgan fingerprint density at radius 1 is 1.21 bits per heavy atom. The van der Waals surface area contributed by atoms with Crippen LogP contribution in [0, 0.1) is 0 Å².